The molecule has 0 aromatic carbocycles. The summed E-state index contributed by atoms with van der Waals surface area (Å²) in [4.78, 5) is 14.6. The van der Waals surface area contributed by atoms with Crippen molar-refractivity contribution in [2.75, 3.05) is 7.11 Å². The zero-order valence-electron chi connectivity index (χ0n) is 6.80. The van der Waals surface area contributed by atoms with Gasteiger partial charge in [-0.05, 0) is 13.0 Å². The molecule has 4 heteroatoms. The number of methoxy groups -OCH3 is 1. The summed E-state index contributed by atoms with van der Waals surface area (Å²) in [5, 5.41) is 0. The maximum absolute atomic E-state index is 12.9. The summed E-state index contributed by atoms with van der Waals surface area (Å²) in [6, 6.07) is 1.12. The highest BCUT2D eigenvalue weighted by atomic mass is 19.1. The number of aromatic nitrogens is 1. The van der Waals surface area contributed by atoms with Crippen molar-refractivity contribution in [1.29, 1.82) is 0 Å². The van der Waals surface area contributed by atoms with Gasteiger partial charge >= 0.3 is 0 Å². The summed E-state index contributed by atoms with van der Waals surface area (Å²) in [6.45, 7) is 1.27. The van der Waals surface area contributed by atoms with E-state index in [0.29, 0.717) is 0 Å². The largest absolute Gasteiger partial charge is 0.480 e. The summed E-state index contributed by atoms with van der Waals surface area (Å²) >= 11 is 0. The highest BCUT2D eigenvalue weighted by Crippen LogP contribution is 2.17. The van der Waals surface area contributed by atoms with E-state index in [1.54, 1.807) is 0 Å². The zero-order valence-corrected chi connectivity index (χ0v) is 6.80. The van der Waals surface area contributed by atoms with Crippen LogP contribution in [0, 0.1) is 5.82 Å². The van der Waals surface area contributed by atoms with Gasteiger partial charge in [0.2, 0.25) is 5.88 Å². The molecule has 0 saturated heterocycles. The average molecular weight is 169 g/mol. The number of ketones is 1. The number of rotatable bonds is 2. The third kappa shape index (κ3) is 1.42. The van der Waals surface area contributed by atoms with Crippen LogP contribution in [0.2, 0.25) is 0 Å². The minimum atomic E-state index is -0.602. The predicted molar refractivity (Wildman–Crippen MR) is 40.8 cm³/mol. The molecule has 1 aromatic rings. The van der Waals surface area contributed by atoms with E-state index in [4.69, 9.17) is 4.74 Å². The molecule has 0 N–H and O–H groups in total. The first-order valence-corrected chi connectivity index (χ1v) is 3.36. The van der Waals surface area contributed by atoms with Gasteiger partial charge < -0.3 is 4.74 Å². The van der Waals surface area contributed by atoms with Gasteiger partial charge in [0, 0.05) is 6.20 Å². The smallest absolute Gasteiger partial charge is 0.227 e. The van der Waals surface area contributed by atoms with Crippen LogP contribution >= 0.6 is 0 Å². The van der Waals surface area contributed by atoms with E-state index >= 15 is 0 Å². The van der Waals surface area contributed by atoms with Crippen molar-refractivity contribution in [2.45, 2.75) is 6.92 Å². The van der Waals surface area contributed by atoms with Crippen molar-refractivity contribution in [3.8, 4) is 5.88 Å². The Kier molecular flexibility index (Phi) is 2.38. The number of nitrogens with zero attached hydrogens (tertiary/aromatic N) is 1. The first kappa shape index (κ1) is 8.64. The lowest BCUT2D eigenvalue weighted by molar-refractivity contribution is 0.101. The fourth-order valence-corrected chi connectivity index (χ4v) is 0.894. The van der Waals surface area contributed by atoms with E-state index in [2.05, 4.69) is 4.98 Å². The van der Waals surface area contributed by atoms with Crippen molar-refractivity contribution in [2.24, 2.45) is 0 Å². The number of carbonyl (C=O) groups is 1. The van der Waals surface area contributed by atoms with Crippen LogP contribution in [-0.2, 0) is 0 Å². The molecular weight excluding hydrogens is 161 g/mol. The Labute approximate surface area is 69.2 Å². The van der Waals surface area contributed by atoms with Gasteiger partial charge in [0.05, 0.1) is 7.11 Å². The first-order chi connectivity index (χ1) is 5.66. The van der Waals surface area contributed by atoms with Crippen molar-refractivity contribution in [1.82, 2.24) is 4.98 Å². The Hall–Kier alpha value is -1.45. The first-order valence-electron chi connectivity index (χ1n) is 3.36. The molecule has 1 rings (SSSR count). The molecule has 1 heterocycles. The number of ether oxygens (including phenoxy) is 1. The Bertz CT molecular complexity index is 312. The van der Waals surface area contributed by atoms with E-state index in [1.807, 2.05) is 0 Å². The number of pyridine rings is 1. The standard InChI is InChI=1S/C8H8FNO2/c1-5(11)7-6(9)3-4-10-8(7)12-2/h3-4H,1-2H3. The quantitative estimate of drug-likeness (QED) is 0.628. The van der Waals surface area contributed by atoms with Crippen LogP contribution in [0.15, 0.2) is 12.3 Å². The van der Waals surface area contributed by atoms with E-state index in [1.165, 1.54) is 20.2 Å². The lowest BCUT2D eigenvalue weighted by atomic mass is 10.2. The fraction of sp³-hybridized carbons (Fsp3) is 0.250. The molecule has 3 nitrogen and oxygen atoms in total. The number of hydrogen-bond acceptors (Lipinski definition) is 3. The second-order valence-electron chi connectivity index (χ2n) is 2.23. The second kappa shape index (κ2) is 3.30. The fourth-order valence-electron chi connectivity index (χ4n) is 0.894. The van der Waals surface area contributed by atoms with E-state index < -0.39 is 11.6 Å². The summed E-state index contributed by atoms with van der Waals surface area (Å²) in [5.74, 6) is -0.964. The highest BCUT2D eigenvalue weighted by molar-refractivity contribution is 5.96. The molecule has 0 fully saturated rings. The van der Waals surface area contributed by atoms with Gasteiger partial charge in [-0.25, -0.2) is 9.37 Å². The molecule has 12 heavy (non-hydrogen) atoms. The SMILES string of the molecule is COc1nccc(F)c1C(C)=O. The molecule has 0 aliphatic carbocycles. The van der Waals surface area contributed by atoms with Crippen molar-refractivity contribution in [3.05, 3.63) is 23.6 Å². The van der Waals surface area contributed by atoms with Crippen LogP contribution in [0.4, 0.5) is 4.39 Å². The molecule has 64 valence electrons. The molecule has 0 spiro atoms. The number of Topliss-reactive ketones (excluding diaryl/α,β-unsaturated/α-hetero) is 1. The Morgan fingerprint density at radius 1 is 1.67 bits per heavy atom. The molecule has 1 aromatic heterocycles. The van der Waals surface area contributed by atoms with Crippen molar-refractivity contribution < 1.29 is 13.9 Å². The van der Waals surface area contributed by atoms with Gasteiger partial charge in [-0.3, -0.25) is 4.79 Å². The lowest BCUT2D eigenvalue weighted by Gasteiger charge is -2.03. The van der Waals surface area contributed by atoms with Crippen molar-refractivity contribution >= 4 is 5.78 Å². The van der Waals surface area contributed by atoms with Crippen molar-refractivity contribution in [3.63, 3.8) is 0 Å². The number of carbonyl (C=O) groups excluding carboxylic acids is 1. The van der Waals surface area contributed by atoms with E-state index in [9.17, 15) is 9.18 Å². The lowest BCUT2D eigenvalue weighted by Crippen LogP contribution is -2.02. The maximum atomic E-state index is 12.9. The van der Waals surface area contributed by atoms with E-state index in [-0.39, 0.29) is 11.4 Å². The van der Waals surface area contributed by atoms with Crippen LogP contribution in [0.5, 0.6) is 5.88 Å². The number of hydrogen-bond donors (Lipinski definition) is 0. The van der Waals surface area contributed by atoms with Crippen LogP contribution in [0.3, 0.4) is 0 Å². The summed E-state index contributed by atoms with van der Waals surface area (Å²) in [7, 11) is 1.34. The Balaban J connectivity index is 3.29. The van der Waals surface area contributed by atoms with E-state index in [0.717, 1.165) is 6.07 Å². The maximum Gasteiger partial charge on any atom is 0.227 e. The van der Waals surface area contributed by atoms with Gasteiger partial charge in [-0.2, -0.15) is 0 Å². The minimum Gasteiger partial charge on any atom is -0.480 e. The molecule has 0 aliphatic rings. The third-order valence-corrected chi connectivity index (χ3v) is 1.41. The third-order valence-electron chi connectivity index (χ3n) is 1.41. The predicted octanol–water partition coefficient (Wildman–Crippen LogP) is 1.43. The van der Waals surface area contributed by atoms with Gasteiger partial charge in [0.15, 0.2) is 5.78 Å². The van der Waals surface area contributed by atoms with Gasteiger partial charge in [0.25, 0.3) is 0 Å². The average Bonchev–Trinajstić information content (AvgIpc) is 2.03. The minimum absolute atomic E-state index is 0.0301. The monoisotopic (exact) mass is 169 g/mol. The summed E-state index contributed by atoms with van der Waals surface area (Å²) < 4.78 is 17.7. The Morgan fingerprint density at radius 3 is 2.75 bits per heavy atom. The molecular formula is C8H8FNO2. The molecule has 0 bridgehead atoms. The second-order valence-corrected chi connectivity index (χ2v) is 2.23. The molecule has 0 amide bonds. The van der Waals surface area contributed by atoms with Crippen LogP contribution < -0.4 is 4.74 Å². The topological polar surface area (TPSA) is 39.2 Å². The van der Waals surface area contributed by atoms with Crippen LogP contribution in [0.1, 0.15) is 17.3 Å². The normalized spacial score (nSPS) is 9.58. The molecule has 0 atom stereocenters. The van der Waals surface area contributed by atoms with Gasteiger partial charge in [0.1, 0.15) is 11.4 Å². The summed E-state index contributed by atoms with van der Waals surface area (Å²) in [5.41, 5.74) is -0.0972. The van der Waals surface area contributed by atoms with Crippen LogP contribution in [-0.4, -0.2) is 17.9 Å². The van der Waals surface area contributed by atoms with Gasteiger partial charge in [-0.15, -0.1) is 0 Å². The zero-order chi connectivity index (χ0) is 9.14. The summed E-state index contributed by atoms with van der Waals surface area (Å²) in [6.07, 6.45) is 1.25. The Morgan fingerprint density at radius 2 is 2.33 bits per heavy atom. The molecule has 0 unspecified atom stereocenters. The molecule has 0 aliphatic heterocycles. The molecule has 0 radical (unpaired) electrons. The molecule has 0 saturated carbocycles. The number of halogens is 1. The van der Waals surface area contributed by atoms with Gasteiger partial charge in [-0.1, -0.05) is 0 Å². The van der Waals surface area contributed by atoms with Crippen LogP contribution in [0.25, 0.3) is 0 Å². The highest BCUT2D eigenvalue weighted by Gasteiger charge is 2.14.